The molecule has 0 radical (unpaired) electrons. The van der Waals surface area contributed by atoms with Gasteiger partial charge in [0, 0.05) is 6.07 Å². The molecule has 168 valence electrons. The normalized spacial score (nSPS) is 16.3. The van der Waals surface area contributed by atoms with Crippen LogP contribution in [0.5, 0.6) is 0 Å². The molecule has 0 spiro atoms. The highest BCUT2D eigenvalue weighted by Crippen LogP contribution is 2.39. The first kappa shape index (κ1) is 23.0. The molecule has 1 heterocycles. The highest BCUT2D eigenvalue weighted by atomic mass is 19.4. The topological polar surface area (TPSA) is 61.2 Å². The van der Waals surface area contributed by atoms with Gasteiger partial charge in [-0.1, -0.05) is 37.1 Å². The predicted octanol–water partition coefficient (Wildman–Crippen LogP) is 4.93. The summed E-state index contributed by atoms with van der Waals surface area (Å²) in [5, 5.41) is 3.64. The van der Waals surface area contributed by atoms with Gasteiger partial charge in [0.1, 0.15) is 5.60 Å². The highest BCUT2D eigenvalue weighted by Gasteiger charge is 2.35. The Morgan fingerprint density at radius 3 is 2.29 bits per heavy atom. The maximum absolute atomic E-state index is 12.9. The molecule has 3 rings (SSSR count). The number of hydrogen-bond acceptors (Lipinski definition) is 4. The summed E-state index contributed by atoms with van der Waals surface area (Å²) in [5.41, 5.74) is -0.925. The summed E-state index contributed by atoms with van der Waals surface area (Å²) in [5.74, 6) is -0.379. The average molecular weight is 436 g/mol. The maximum Gasteiger partial charge on any atom is 0.418 e. The molecule has 1 aromatic carbocycles. The lowest BCUT2D eigenvalue weighted by Crippen LogP contribution is -2.30. The van der Waals surface area contributed by atoms with Crippen LogP contribution in [-0.4, -0.2) is 21.4 Å². The van der Waals surface area contributed by atoms with Crippen molar-refractivity contribution in [3.05, 3.63) is 63.6 Å². The Labute approximate surface area is 179 Å². The lowest BCUT2D eigenvalue weighted by molar-refractivity contribution is -0.158. The lowest BCUT2D eigenvalue weighted by atomic mass is 9.84. The number of esters is 1. The second-order valence-electron chi connectivity index (χ2n) is 9.04. The van der Waals surface area contributed by atoms with Gasteiger partial charge in [-0.05, 0) is 50.7 Å². The fourth-order valence-corrected chi connectivity index (χ4v) is 3.97. The Bertz CT molecular complexity index is 969. The molecule has 31 heavy (non-hydrogen) atoms. The SMILES string of the molecule is CC(C)(C)OC(=O)C(c1ccc(Cn2ncc(C(F)(F)F)cc2=O)cc1)C1CCCC1. The fraction of sp³-hybridized carbons (Fsp3) is 0.522. The summed E-state index contributed by atoms with van der Waals surface area (Å²) in [6.07, 6.45) is 0.153. The summed E-state index contributed by atoms with van der Waals surface area (Å²) in [4.78, 5) is 24.9. The number of rotatable bonds is 5. The molecule has 1 aliphatic rings. The molecule has 1 aliphatic carbocycles. The predicted molar refractivity (Wildman–Crippen MR) is 110 cm³/mol. The molecule has 8 heteroatoms. The second-order valence-corrected chi connectivity index (χ2v) is 9.04. The number of benzene rings is 1. The first-order valence-electron chi connectivity index (χ1n) is 10.4. The van der Waals surface area contributed by atoms with Gasteiger partial charge in [-0.2, -0.15) is 18.3 Å². The Hall–Kier alpha value is -2.64. The van der Waals surface area contributed by atoms with Crippen molar-refractivity contribution in [3.63, 3.8) is 0 Å². The summed E-state index contributed by atoms with van der Waals surface area (Å²) in [7, 11) is 0. The number of nitrogens with zero attached hydrogens (tertiary/aromatic N) is 2. The summed E-state index contributed by atoms with van der Waals surface area (Å²) >= 11 is 0. The Balaban J connectivity index is 1.80. The Morgan fingerprint density at radius 1 is 1.16 bits per heavy atom. The molecule has 0 amide bonds. The van der Waals surface area contributed by atoms with E-state index in [2.05, 4.69) is 5.10 Å². The van der Waals surface area contributed by atoms with Crippen LogP contribution >= 0.6 is 0 Å². The summed E-state index contributed by atoms with van der Waals surface area (Å²) in [6, 6.07) is 7.75. The first-order valence-corrected chi connectivity index (χ1v) is 10.4. The van der Waals surface area contributed by atoms with Crippen molar-refractivity contribution in [2.45, 2.75) is 70.7 Å². The minimum atomic E-state index is -4.61. The zero-order chi connectivity index (χ0) is 22.8. The van der Waals surface area contributed by atoms with Crippen LogP contribution in [0.4, 0.5) is 13.2 Å². The number of carbonyl (C=O) groups is 1. The molecular formula is C23H27F3N2O3. The van der Waals surface area contributed by atoms with E-state index >= 15 is 0 Å². The maximum atomic E-state index is 12.9. The van der Waals surface area contributed by atoms with E-state index < -0.39 is 22.9 Å². The highest BCUT2D eigenvalue weighted by molar-refractivity contribution is 5.79. The Kier molecular flexibility index (Phi) is 6.57. The largest absolute Gasteiger partial charge is 0.459 e. The average Bonchev–Trinajstić information content (AvgIpc) is 3.17. The van der Waals surface area contributed by atoms with Crippen molar-refractivity contribution in [2.24, 2.45) is 5.92 Å². The molecule has 2 aromatic rings. The summed E-state index contributed by atoms with van der Waals surface area (Å²) < 4.78 is 44.8. The minimum absolute atomic E-state index is 0.0395. The van der Waals surface area contributed by atoms with E-state index in [-0.39, 0.29) is 24.3 Å². The molecule has 1 unspecified atom stereocenters. The van der Waals surface area contributed by atoms with Crippen molar-refractivity contribution >= 4 is 5.97 Å². The molecule has 0 bridgehead atoms. The van der Waals surface area contributed by atoms with Crippen molar-refractivity contribution in [1.82, 2.24) is 9.78 Å². The van der Waals surface area contributed by atoms with Gasteiger partial charge in [0.15, 0.2) is 0 Å². The smallest absolute Gasteiger partial charge is 0.418 e. The van der Waals surface area contributed by atoms with E-state index in [1.807, 2.05) is 32.9 Å². The third-order valence-corrected chi connectivity index (χ3v) is 5.40. The molecule has 0 aliphatic heterocycles. The van der Waals surface area contributed by atoms with Crippen LogP contribution in [-0.2, 0) is 22.3 Å². The number of ether oxygens (including phenoxy) is 1. The monoisotopic (exact) mass is 436 g/mol. The molecule has 5 nitrogen and oxygen atoms in total. The van der Waals surface area contributed by atoms with Gasteiger partial charge < -0.3 is 4.74 Å². The van der Waals surface area contributed by atoms with Crippen molar-refractivity contribution < 1.29 is 22.7 Å². The second kappa shape index (κ2) is 8.85. The number of alkyl halides is 3. The number of carbonyl (C=O) groups excluding carboxylic acids is 1. The van der Waals surface area contributed by atoms with Crippen molar-refractivity contribution in [3.8, 4) is 0 Å². The molecule has 0 saturated heterocycles. The minimum Gasteiger partial charge on any atom is -0.459 e. The van der Waals surface area contributed by atoms with Crippen LogP contribution in [0.2, 0.25) is 0 Å². The van der Waals surface area contributed by atoms with Gasteiger partial charge in [0.05, 0.1) is 24.2 Å². The van der Waals surface area contributed by atoms with Crippen molar-refractivity contribution in [2.75, 3.05) is 0 Å². The molecule has 1 atom stereocenters. The molecule has 1 saturated carbocycles. The quantitative estimate of drug-likeness (QED) is 0.624. The number of hydrogen-bond donors (Lipinski definition) is 0. The standard InChI is InChI=1S/C23H27F3N2O3/c1-22(2,3)31-21(30)20(16-6-4-5-7-16)17-10-8-15(9-11-17)14-28-19(29)12-18(13-27-28)23(24,25)26/h8-13,16,20H,4-7,14H2,1-3H3. The van der Waals surface area contributed by atoms with Crippen LogP contribution < -0.4 is 5.56 Å². The van der Waals surface area contributed by atoms with Gasteiger partial charge >= 0.3 is 12.1 Å². The van der Waals surface area contributed by atoms with Crippen molar-refractivity contribution in [1.29, 1.82) is 0 Å². The third kappa shape index (κ3) is 5.95. The number of aromatic nitrogens is 2. The van der Waals surface area contributed by atoms with E-state index in [1.54, 1.807) is 12.1 Å². The molecule has 0 N–H and O–H groups in total. The van der Waals surface area contributed by atoms with E-state index in [0.29, 0.717) is 17.8 Å². The Morgan fingerprint density at radius 2 is 1.77 bits per heavy atom. The number of halogens is 3. The molecular weight excluding hydrogens is 409 g/mol. The fourth-order valence-electron chi connectivity index (χ4n) is 3.97. The van der Waals surface area contributed by atoms with E-state index in [9.17, 15) is 22.8 Å². The van der Waals surface area contributed by atoms with Gasteiger partial charge in [0.25, 0.3) is 5.56 Å². The van der Waals surface area contributed by atoms with E-state index in [4.69, 9.17) is 4.74 Å². The zero-order valence-corrected chi connectivity index (χ0v) is 17.9. The van der Waals surface area contributed by atoms with Gasteiger partial charge in [0.2, 0.25) is 0 Å². The van der Waals surface area contributed by atoms with Gasteiger partial charge in [-0.15, -0.1) is 0 Å². The lowest BCUT2D eigenvalue weighted by Gasteiger charge is -2.27. The third-order valence-electron chi connectivity index (χ3n) is 5.40. The van der Waals surface area contributed by atoms with Crippen LogP contribution in [0.15, 0.2) is 41.3 Å². The van der Waals surface area contributed by atoms with Crippen LogP contribution in [0.3, 0.4) is 0 Å². The first-order chi connectivity index (χ1) is 14.4. The zero-order valence-electron chi connectivity index (χ0n) is 17.9. The van der Waals surface area contributed by atoms with Gasteiger partial charge in [-0.25, -0.2) is 4.68 Å². The van der Waals surface area contributed by atoms with Crippen LogP contribution in [0.25, 0.3) is 0 Å². The van der Waals surface area contributed by atoms with E-state index in [1.165, 1.54) is 0 Å². The summed E-state index contributed by atoms with van der Waals surface area (Å²) in [6.45, 7) is 5.56. The van der Waals surface area contributed by atoms with Crippen LogP contribution in [0.1, 0.15) is 69.1 Å². The van der Waals surface area contributed by atoms with E-state index in [0.717, 1.165) is 35.9 Å². The molecule has 1 fully saturated rings. The van der Waals surface area contributed by atoms with Crippen LogP contribution in [0, 0.1) is 5.92 Å². The molecule has 1 aromatic heterocycles. The van der Waals surface area contributed by atoms with Gasteiger partial charge in [-0.3, -0.25) is 9.59 Å².